The maximum atomic E-state index is 12.0. The van der Waals surface area contributed by atoms with Gasteiger partial charge in [0.2, 0.25) is 11.8 Å². The van der Waals surface area contributed by atoms with Crippen molar-refractivity contribution < 1.29 is 14.4 Å². The van der Waals surface area contributed by atoms with E-state index in [0.29, 0.717) is 25.1 Å². The lowest BCUT2D eigenvalue weighted by Crippen LogP contribution is -2.32. The Hall–Kier alpha value is -1.10. The Kier molecular flexibility index (Phi) is 5.59. The highest BCUT2D eigenvalue weighted by Gasteiger charge is 2.38. The fourth-order valence-corrected chi connectivity index (χ4v) is 2.89. The number of carbonyl (C=O) groups excluding carboxylic acids is 3. The smallest absolute Gasteiger partial charge is 0.242 e. The second-order valence-corrected chi connectivity index (χ2v) is 5.92. The lowest BCUT2D eigenvalue weighted by atomic mass is 10.2. The van der Waals surface area contributed by atoms with Crippen LogP contribution >= 0.6 is 11.8 Å². The highest BCUT2D eigenvalue weighted by molar-refractivity contribution is 8.00. The molecule has 1 aliphatic rings. The van der Waals surface area contributed by atoms with Gasteiger partial charge in [-0.2, -0.15) is 0 Å². The number of carbonyl (C=O) groups is 3. The fourth-order valence-electron chi connectivity index (χ4n) is 1.67. The number of hydrogen-bond acceptors (Lipinski definition) is 4. The maximum Gasteiger partial charge on any atom is 0.242 e. The predicted molar refractivity (Wildman–Crippen MR) is 72.3 cm³/mol. The molecule has 1 fully saturated rings. The number of likely N-dealkylation sites (tertiary alicyclic amines) is 1. The van der Waals surface area contributed by atoms with Crippen LogP contribution in [0.25, 0.3) is 0 Å². The highest BCUT2D eigenvalue weighted by Crippen LogP contribution is 2.26. The van der Waals surface area contributed by atoms with Crippen LogP contribution in [0.5, 0.6) is 0 Å². The lowest BCUT2D eigenvalue weighted by molar-refractivity contribution is -0.138. The van der Waals surface area contributed by atoms with Crippen molar-refractivity contribution in [3.63, 3.8) is 0 Å². The van der Waals surface area contributed by atoms with Gasteiger partial charge in [-0.15, -0.1) is 18.3 Å². The zero-order chi connectivity index (χ0) is 13.7. The molecule has 5 heteroatoms. The molecule has 0 bridgehead atoms. The van der Waals surface area contributed by atoms with Crippen LogP contribution in [0, 0.1) is 0 Å². The van der Waals surface area contributed by atoms with E-state index in [2.05, 4.69) is 6.58 Å². The van der Waals surface area contributed by atoms with Crippen molar-refractivity contribution in [2.24, 2.45) is 0 Å². The Morgan fingerprint density at radius 1 is 1.39 bits per heavy atom. The van der Waals surface area contributed by atoms with Crippen molar-refractivity contribution in [3.8, 4) is 0 Å². The molecule has 18 heavy (non-hydrogen) atoms. The summed E-state index contributed by atoms with van der Waals surface area (Å²) in [5.74, 6) is 0.489. The van der Waals surface area contributed by atoms with Gasteiger partial charge >= 0.3 is 0 Å². The molecule has 0 saturated carbocycles. The molecule has 4 nitrogen and oxygen atoms in total. The van der Waals surface area contributed by atoms with E-state index in [1.54, 1.807) is 0 Å². The van der Waals surface area contributed by atoms with Crippen LogP contribution in [-0.2, 0) is 14.4 Å². The molecule has 0 N–H and O–H groups in total. The van der Waals surface area contributed by atoms with Crippen LogP contribution in [0.2, 0.25) is 0 Å². The van der Waals surface area contributed by atoms with Gasteiger partial charge in [-0.25, -0.2) is 0 Å². The summed E-state index contributed by atoms with van der Waals surface area (Å²) in [5, 5.41) is -0.304. The average molecular weight is 269 g/mol. The average Bonchev–Trinajstić information content (AvgIpc) is 2.51. The summed E-state index contributed by atoms with van der Waals surface area (Å²) in [6.07, 6.45) is 1.37. The van der Waals surface area contributed by atoms with Crippen LogP contribution in [0.15, 0.2) is 12.2 Å². The van der Waals surface area contributed by atoms with Gasteiger partial charge in [-0.05, 0) is 20.3 Å². The van der Waals surface area contributed by atoms with E-state index in [9.17, 15) is 14.4 Å². The van der Waals surface area contributed by atoms with Crippen LogP contribution in [-0.4, -0.2) is 40.0 Å². The first-order chi connectivity index (χ1) is 8.41. The highest BCUT2D eigenvalue weighted by atomic mass is 32.2. The second kappa shape index (κ2) is 6.73. The minimum Gasteiger partial charge on any atom is -0.300 e. The van der Waals surface area contributed by atoms with Crippen LogP contribution in [0.4, 0.5) is 0 Å². The lowest BCUT2D eigenvalue weighted by Gasteiger charge is -2.14. The van der Waals surface area contributed by atoms with E-state index in [1.165, 1.54) is 23.6 Å². The van der Waals surface area contributed by atoms with Gasteiger partial charge in [-0.3, -0.25) is 19.3 Å². The van der Waals surface area contributed by atoms with E-state index in [1.807, 2.05) is 6.92 Å². The normalized spacial score (nSPS) is 19.4. The van der Waals surface area contributed by atoms with Crippen molar-refractivity contribution in [3.05, 3.63) is 12.2 Å². The maximum absolute atomic E-state index is 12.0. The molecule has 0 aliphatic carbocycles. The largest absolute Gasteiger partial charge is 0.300 e. The minimum atomic E-state index is -0.304. The molecule has 1 atom stereocenters. The molecule has 0 aromatic rings. The number of nitrogens with zero attached hydrogens (tertiary/aromatic N) is 1. The SMILES string of the molecule is C=C(C)CCN1C(=O)CC(SCCC(C)=O)C1=O. The number of rotatable bonds is 7. The van der Waals surface area contributed by atoms with E-state index >= 15 is 0 Å². The molecule has 2 amide bonds. The summed E-state index contributed by atoms with van der Waals surface area (Å²) in [5.41, 5.74) is 0.961. The first-order valence-electron chi connectivity index (χ1n) is 6.01. The Morgan fingerprint density at radius 3 is 2.61 bits per heavy atom. The number of Topliss-reactive ketones (excluding diaryl/α,β-unsaturated/α-hetero) is 1. The molecular weight excluding hydrogens is 250 g/mol. The van der Waals surface area contributed by atoms with Crippen molar-refractivity contribution in [2.75, 3.05) is 12.3 Å². The summed E-state index contributed by atoms with van der Waals surface area (Å²) in [6, 6.07) is 0. The van der Waals surface area contributed by atoms with Crippen molar-refractivity contribution in [2.45, 2.75) is 38.4 Å². The third-order valence-corrected chi connectivity index (χ3v) is 3.95. The summed E-state index contributed by atoms with van der Waals surface area (Å²) < 4.78 is 0. The summed E-state index contributed by atoms with van der Waals surface area (Å²) in [6.45, 7) is 7.60. The third kappa shape index (κ3) is 4.29. The number of imide groups is 1. The van der Waals surface area contributed by atoms with Gasteiger partial charge in [0.1, 0.15) is 5.78 Å². The van der Waals surface area contributed by atoms with E-state index in [0.717, 1.165) is 5.57 Å². The molecule has 1 heterocycles. The van der Waals surface area contributed by atoms with Crippen molar-refractivity contribution in [1.82, 2.24) is 4.90 Å². The van der Waals surface area contributed by atoms with Gasteiger partial charge in [-0.1, -0.05) is 5.57 Å². The Morgan fingerprint density at radius 2 is 2.06 bits per heavy atom. The van der Waals surface area contributed by atoms with Crippen molar-refractivity contribution >= 4 is 29.4 Å². The van der Waals surface area contributed by atoms with Gasteiger partial charge < -0.3 is 0 Å². The molecule has 0 aromatic heterocycles. The minimum absolute atomic E-state index is 0.110. The Balaban J connectivity index is 2.45. The van der Waals surface area contributed by atoms with E-state index < -0.39 is 0 Å². The quantitative estimate of drug-likeness (QED) is 0.522. The van der Waals surface area contributed by atoms with Gasteiger partial charge in [0.05, 0.1) is 5.25 Å². The monoisotopic (exact) mass is 269 g/mol. The molecule has 0 radical (unpaired) electrons. The van der Waals surface area contributed by atoms with E-state index in [-0.39, 0.29) is 29.3 Å². The van der Waals surface area contributed by atoms with Crippen molar-refractivity contribution in [1.29, 1.82) is 0 Å². The first-order valence-corrected chi connectivity index (χ1v) is 7.06. The zero-order valence-corrected chi connectivity index (χ0v) is 11.7. The first kappa shape index (κ1) is 15.0. The Bertz CT molecular complexity index is 378. The molecule has 1 rings (SSSR count). The van der Waals surface area contributed by atoms with Crippen LogP contribution < -0.4 is 0 Å². The molecule has 0 aromatic carbocycles. The summed E-state index contributed by atoms with van der Waals surface area (Å²) in [7, 11) is 0. The van der Waals surface area contributed by atoms with Crippen LogP contribution in [0.3, 0.4) is 0 Å². The zero-order valence-electron chi connectivity index (χ0n) is 10.9. The molecular formula is C13H19NO3S. The summed E-state index contributed by atoms with van der Waals surface area (Å²) >= 11 is 1.41. The third-order valence-electron chi connectivity index (χ3n) is 2.74. The van der Waals surface area contributed by atoms with Gasteiger partial charge in [0.25, 0.3) is 0 Å². The summed E-state index contributed by atoms with van der Waals surface area (Å²) in [4.78, 5) is 35.8. The predicted octanol–water partition coefficient (Wildman–Crippen LogP) is 1.79. The molecule has 1 saturated heterocycles. The Labute approximate surface area is 112 Å². The molecule has 1 unspecified atom stereocenters. The fraction of sp³-hybridized carbons (Fsp3) is 0.615. The van der Waals surface area contributed by atoms with E-state index in [4.69, 9.17) is 0 Å². The van der Waals surface area contributed by atoms with Crippen LogP contribution in [0.1, 0.15) is 33.1 Å². The van der Waals surface area contributed by atoms with Gasteiger partial charge in [0.15, 0.2) is 0 Å². The molecule has 1 aliphatic heterocycles. The number of thioether (sulfide) groups is 1. The molecule has 100 valence electrons. The standard InChI is InChI=1S/C13H19NO3S/c1-9(2)4-6-14-12(16)8-11(13(14)17)18-7-5-10(3)15/h11H,1,4-8H2,2-3H3. The second-order valence-electron chi connectivity index (χ2n) is 4.61. The van der Waals surface area contributed by atoms with Gasteiger partial charge in [0, 0.05) is 25.1 Å². The molecule has 0 spiro atoms. The number of amides is 2. The number of hydrogen-bond donors (Lipinski definition) is 0. The number of ketones is 1. The topological polar surface area (TPSA) is 54.5 Å².